The molecule has 3 rings (SSSR count). The van der Waals surface area contributed by atoms with Crippen molar-refractivity contribution < 1.29 is 4.74 Å². The molecular formula is C12H8BrClN4O. The summed E-state index contributed by atoms with van der Waals surface area (Å²) in [6.45, 7) is 0.349. The summed E-state index contributed by atoms with van der Waals surface area (Å²) in [5.74, 6) is 1.29. The predicted octanol–water partition coefficient (Wildman–Crippen LogP) is 3.12. The van der Waals surface area contributed by atoms with Crippen LogP contribution in [0.25, 0.3) is 5.78 Å². The van der Waals surface area contributed by atoms with E-state index in [4.69, 9.17) is 16.3 Å². The highest BCUT2D eigenvalue weighted by molar-refractivity contribution is 9.10. The van der Waals surface area contributed by atoms with Gasteiger partial charge in [0.2, 0.25) is 5.78 Å². The minimum Gasteiger partial charge on any atom is -0.487 e. The summed E-state index contributed by atoms with van der Waals surface area (Å²) < 4.78 is 8.32. The van der Waals surface area contributed by atoms with Gasteiger partial charge in [0.25, 0.3) is 0 Å². The van der Waals surface area contributed by atoms with E-state index in [1.54, 1.807) is 24.5 Å². The summed E-state index contributed by atoms with van der Waals surface area (Å²) in [5, 5.41) is 0.401. The first-order chi connectivity index (χ1) is 9.20. The normalized spacial score (nSPS) is 10.8. The zero-order valence-corrected chi connectivity index (χ0v) is 12.0. The van der Waals surface area contributed by atoms with Crippen LogP contribution in [0.4, 0.5) is 0 Å². The second kappa shape index (κ2) is 5.14. The molecule has 0 saturated carbocycles. The highest BCUT2D eigenvalue weighted by Crippen LogP contribution is 2.16. The van der Waals surface area contributed by atoms with Crippen LogP contribution in [0.15, 0.2) is 41.4 Å². The van der Waals surface area contributed by atoms with Gasteiger partial charge in [-0.25, -0.2) is 15.0 Å². The Morgan fingerprint density at radius 1 is 1.32 bits per heavy atom. The maximum atomic E-state index is 5.78. The van der Waals surface area contributed by atoms with Gasteiger partial charge in [0.15, 0.2) is 0 Å². The number of aromatic nitrogens is 4. The van der Waals surface area contributed by atoms with Crippen molar-refractivity contribution >= 4 is 33.3 Å². The maximum absolute atomic E-state index is 5.78. The second-order valence-electron chi connectivity index (χ2n) is 3.81. The number of rotatable bonds is 3. The first-order valence-electron chi connectivity index (χ1n) is 5.44. The maximum Gasteiger partial charge on any atom is 0.234 e. The van der Waals surface area contributed by atoms with Gasteiger partial charge in [0, 0.05) is 30.9 Å². The fourth-order valence-electron chi connectivity index (χ4n) is 1.61. The van der Waals surface area contributed by atoms with Crippen LogP contribution in [0.2, 0.25) is 5.15 Å². The average Bonchev–Trinajstić information content (AvgIpc) is 2.78. The highest BCUT2D eigenvalue weighted by Gasteiger charge is 2.04. The first kappa shape index (κ1) is 12.4. The summed E-state index contributed by atoms with van der Waals surface area (Å²) >= 11 is 9.14. The molecule has 0 unspecified atom stereocenters. The molecule has 96 valence electrons. The molecular weight excluding hydrogens is 332 g/mol. The lowest BCUT2D eigenvalue weighted by atomic mass is 10.4. The van der Waals surface area contributed by atoms with Gasteiger partial charge in [-0.1, -0.05) is 11.6 Å². The van der Waals surface area contributed by atoms with Gasteiger partial charge in [0.05, 0.1) is 10.2 Å². The van der Waals surface area contributed by atoms with E-state index in [1.807, 2.05) is 16.8 Å². The molecule has 0 aliphatic heterocycles. The molecule has 0 saturated heterocycles. The molecule has 7 heteroatoms. The van der Waals surface area contributed by atoms with Crippen molar-refractivity contribution in [1.29, 1.82) is 0 Å². The zero-order valence-electron chi connectivity index (χ0n) is 9.62. The monoisotopic (exact) mass is 338 g/mol. The van der Waals surface area contributed by atoms with E-state index >= 15 is 0 Å². The fourth-order valence-corrected chi connectivity index (χ4v) is 2.10. The van der Waals surface area contributed by atoms with Gasteiger partial charge in [-0.3, -0.25) is 4.40 Å². The third-order valence-electron chi connectivity index (χ3n) is 2.41. The number of ether oxygens (including phenoxy) is 1. The fraction of sp³-hybridized carbons (Fsp3) is 0.0833. The molecule has 0 amide bonds. The number of fused-ring (bicyclic) bond motifs is 1. The van der Waals surface area contributed by atoms with Gasteiger partial charge < -0.3 is 4.74 Å². The zero-order chi connectivity index (χ0) is 13.2. The summed E-state index contributed by atoms with van der Waals surface area (Å²) in [7, 11) is 0. The van der Waals surface area contributed by atoms with Crippen LogP contribution in [-0.2, 0) is 6.61 Å². The predicted molar refractivity (Wildman–Crippen MR) is 74.3 cm³/mol. The van der Waals surface area contributed by atoms with Crippen molar-refractivity contribution in [3.63, 3.8) is 0 Å². The van der Waals surface area contributed by atoms with Crippen molar-refractivity contribution in [3.8, 4) is 5.75 Å². The largest absolute Gasteiger partial charge is 0.487 e. The molecule has 0 atom stereocenters. The van der Waals surface area contributed by atoms with Crippen molar-refractivity contribution in [3.05, 3.63) is 52.2 Å². The average molecular weight is 340 g/mol. The Labute approximate surface area is 122 Å². The van der Waals surface area contributed by atoms with Crippen LogP contribution in [0.1, 0.15) is 5.69 Å². The molecule has 3 heterocycles. The van der Waals surface area contributed by atoms with Gasteiger partial charge in [-0.2, -0.15) is 0 Å². The molecule has 0 aliphatic rings. The molecule has 0 N–H and O–H groups in total. The van der Waals surface area contributed by atoms with E-state index in [-0.39, 0.29) is 0 Å². The van der Waals surface area contributed by atoms with Gasteiger partial charge in [-0.05, 0) is 22.0 Å². The SMILES string of the molecule is Clc1cc(OCc2cn3cc(Br)cnc3n2)ccn1. The molecule has 0 aliphatic carbocycles. The lowest BCUT2D eigenvalue weighted by Gasteiger charge is -2.03. The van der Waals surface area contributed by atoms with Crippen molar-refractivity contribution in [2.45, 2.75) is 6.61 Å². The lowest BCUT2D eigenvalue weighted by molar-refractivity contribution is 0.301. The summed E-state index contributed by atoms with van der Waals surface area (Å²) in [6, 6.07) is 3.41. The molecule has 0 radical (unpaired) electrons. The van der Waals surface area contributed by atoms with E-state index in [0.29, 0.717) is 23.3 Å². The Bertz CT molecular complexity index is 731. The van der Waals surface area contributed by atoms with Crippen LogP contribution in [0.3, 0.4) is 0 Å². The molecule has 0 fully saturated rings. The number of halogens is 2. The number of hydrogen-bond donors (Lipinski definition) is 0. The first-order valence-corrected chi connectivity index (χ1v) is 6.61. The number of nitrogens with zero attached hydrogens (tertiary/aromatic N) is 4. The number of imidazole rings is 1. The van der Waals surface area contributed by atoms with Gasteiger partial charge >= 0.3 is 0 Å². The molecule has 5 nitrogen and oxygen atoms in total. The second-order valence-corrected chi connectivity index (χ2v) is 5.12. The van der Waals surface area contributed by atoms with Crippen LogP contribution < -0.4 is 4.74 Å². The molecule has 0 bridgehead atoms. The van der Waals surface area contributed by atoms with Crippen molar-refractivity contribution in [1.82, 2.24) is 19.4 Å². The third kappa shape index (κ3) is 2.85. The van der Waals surface area contributed by atoms with Crippen LogP contribution in [-0.4, -0.2) is 19.4 Å². The Morgan fingerprint density at radius 3 is 3.05 bits per heavy atom. The van der Waals surface area contributed by atoms with Crippen LogP contribution in [0, 0.1) is 0 Å². The quantitative estimate of drug-likeness (QED) is 0.688. The third-order valence-corrected chi connectivity index (χ3v) is 3.03. The van der Waals surface area contributed by atoms with Gasteiger partial charge in [-0.15, -0.1) is 0 Å². The Balaban J connectivity index is 1.78. The Morgan fingerprint density at radius 2 is 2.21 bits per heavy atom. The highest BCUT2D eigenvalue weighted by atomic mass is 79.9. The smallest absolute Gasteiger partial charge is 0.234 e. The Kier molecular flexibility index (Phi) is 3.35. The summed E-state index contributed by atoms with van der Waals surface area (Å²) in [5.41, 5.74) is 0.790. The van der Waals surface area contributed by atoms with E-state index in [1.165, 1.54) is 0 Å². The van der Waals surface area contributed by atoms with Crippen LogP contribution in [0.5, 0.6) is 5.75 Å². The van der Waals surface area contributed by atoms with E-state index in [2.05, 4.69) is 30.9 Å². The van der Waals surface area contributed by atoms with E-state index in [0.717, 1.165) is 10.2 Å². The van der Waals surface area contributed by atoms with Crippen molar-refractivity contribution in [2.75, 3.05) is 0 Å². The molecule has 19 heavy (non-hydrogen) atoms. The van der Waals surface area contributed by atoms with Crippen LogP contribution >= 0.6 is 27.5 Å². The molecule has 3 aromatic rings. The van der Waals surface area contributed by atoms with E-state index in [9.17, 15) is 0 Å². The topological polar surface area (TPSA) is 52.3 Å². The number of pyridine rings is 1. The molecule has 3 aromatic heterocycles. The minimum atomic E-state index is 0.349. The van der Waals surface area contributed by atoms with Crippen molar-refractivity contribution in [2.24, 2.45) is 0 Å². The molecule has 0 aromatic carbocycles. The minimum absolute atomic E-state index is 0.349. The summed E-state index contributed by atoms with van der Waals surface area (Å²) in [6.07, 6.45) is 7.06. The Hall–Kier alpha value is -1.66. The lowest BCUT2D eigenvalue weighted by Crippen LogP contribution is -1.95. The molecule has 0 spiro atoms. The van der Waals surface area contributed by atoms with E-state index < -0.39 is 0 Å². The summed E-state index contributed by atoms with van der Waals surface area (Å²) in [4.78, 5) is 12.4. The van der Waals surface area contributed by atoms with Gasteiger partial charge in [0.1, 0.15) is 17.5 Å². The standard InChI is InChI=1S/C12H8BrClN4O/c13-8-4-16-12-17-9(6-18(12)5-8)7-19-10-1-2-15-11(14)3-10/h1-6H,7H2. The number of hydrogen-bond acceptors (Lipinski definition) is 4.